The van der Waals surface area contributed by atoms with Gasteiger partial charge in [0, 0.05) is 63.9 Å². The van der Waals surface area contributed by atoms with Crippen LogP contribution < -0.4 is 16.0 Å². The summed E-state index contributed by atoms with van der Waals surface area (Å²) in [5.74, 6) is 0. The Hall–Kier alpha value is -0.650. The molecule has 0 amide bonds. The van der Waals surface area contributed by atoms with Crippen molar-refractivity contribution in [3.05, 3.63) is 34.9 Å². The maximum atomic E-state index is 5.94. The number of halogens is 1. The molecular weight excluding hydrogens is 272 g/mol. The lowest BCUT2D eigenvalue weighted by molar-refractivity contribution is 0.263. The van der Waals surface area contributed by atoms with Gasteiger partial charge in [-0.05, 0) is 17.7 Å². The van der Waals surface area contributed by atoms with Crippen LogP contribution in [0.5, 0.6) is 0 Å². The van der Waals surface area contributed by atoms with Crippen LogP contribution in [0, 0.1) is 0 Å². The van der Waals surface area contributed by atoms with Crippen LogP contribution >= 0.6 is 11.6 Å². The third-order valence-electron chi connectivity index (χ3n) is 3.49. The predicted octanol–water partition coefficient (Wildman–Crippen LogP) is 0.924. The molecule has 0 aliphatic carbocycles. The Balaban J connectivity index is 1.83. The summed E-state index contributed by atoms with van der Waals surface area (Å²) in [7, 11) is 0. The molecular formula is C15H25ClN4. The van der Waals surface area contributed by atoms with Crippen molar-refractivity contribution in [2.75, 3.05) is 52.4 Å². The van der Waals surface area contributed by atoms with E-state index in [0.717, 1.165) is 63.9 Å². The van der Waals surface area contributed by atoms with E-state index < -0.39 is 0 Å². The van der Waals surface area contributed by atoms with Gasteiger partial charge in [0.2, 0.25) is 0 Å². The Morgan fingerprint density at radius 2 is 1.30 bits per heavy atom. The number of hydrogen-bond acceptors (Lipinski definition) is 4. The highest BCUT2D eigenvalue weighted by Gasteiger charge is 2.06. The summed E-state index contributed by atoms with van der Waals surface area (Å²) >= 11 is 5.94. The second kappa shape index (κ2) is 9.32. The second-order valence-corrected chi connectivity index (χ2v) is 5.59. The van der Waals surface area contributed by atoms with Crippen LogP contribution in [0.15, 0.2) is 24.3 Å². The van der Waals surface area contributed by atoms with Gasteiger partial charge in [-0.15, -0.1) is 0 Å². The second-order valence-electron chi connectivity index (χ2n) is 5.15. The summed E-state index contributed by atoms with van der Waals surface area (Å²) < 4.78 is 0. The average molecular weight is 297 g/mol. The maximum Gasteiger partial charge on any atom is 0.0406 e. The summed E-state index contributed by atoms with van der Waals surface area (Å²) in [5, 5.41) is 11.2. The van der Waals surface area contributed by atoms with Crippen molar-refractivity contribution >= 4 is 11.6 Å². The Morgan fingerprint density at radius 1 is 0.800 bits per heavy atom. The first-order valence-corrected chi connectivity index (χ1v) is 7.81. The Kier molecular flexibility index (Phi) is 7.33. The number of nitrogens with zero attached hydrogens (tertiary/aromatic N) is 1. The van der Waals surface area contributed by atoms with Crippen molar-refractivity contribution in [3.8, 4) is 0 Å². The molecule has 0 atom stereocenters. The van der Waals surface area contributed by atoms with E-state index in [4.69, 9.17) is 11.6 Å². The highest BCUT2D eigenvalue weighted by molar-refractivity contribution is 6.30. The molecule has 112 valence electrons. The first-order valence-electron chi connectivity index (χ1n) is 7.43. The molecule has 1 fully saturated rings. The Bertz CT molecular complexity index is 357. The number of hydrogen-bond donors (Lipinski definition) is 3. The lowest BCUT2D eigenvalue weighted by Gasteiger charge is -2.23. The van der Waals surface area contributed by atoms with Gasteiger partial charge >= 0.3 is 0 Å². The summed E-state index contributed by atoms with van der Waals surface area (Å²) in [5.41, 5.74) is 1.32. The molecule has 1 aromatic carbocycles. The Labute approximate surface area is 126 Å². The van der Waals surface area contributed by atoms with E-state index in [1.54, 1.807) is 0 Å². The van der Waals surface area contributed by atoms with Gasteiger partial charge < -0.3 is 16.0 Å². The summed E-state index contributed by atoms with van der Waals surface area (Å²) in [6.45, 7) is 9.36. The average Bonchev–Trinajstić information content (AvgIpc) is 2.44. The molecule has 0 aromatic heterocycles. The fraction of sp³-hybridized carbons (Fsp3) is 0.600. The minimum atomic E-state index is 0.804. The van der Waals surface area contributed by atoms with Crippen LogP contribution in [-0.4, -0.2) is 57.3 Å². The quantitative estimate of drug-likeness (QED) is 0.759. The first-order chi connectivity index (χ1) is 9.84. The summed E-state index contributed by atoms with van der Waals surface area (Å²) in [6.07, 6.45) is 0. The fourth-order valence-corrected chi connectivity index (χ4v) is 2.45. The lowest BCUT2D eigenvalue weighted by Crippen LogP contribution is -2.41. The van der Waals surface area contributed by atoms with Crippen LogP contribution in [0.3, 0.4) is 0 Å². The molecule has 1 heterocycles. The largest absolute Gasteiger partial charge is 0.314 e. The zero-order valence-corrected chi connectivity index (χ0v) is 12.8. The maximum absolute atomic E-state index is 5.94. The zero-order valence-electron chi connectivity index (χ0n) is 12.0. The van der Waals surface area contributed by atoms with Crippen molar-refractivity contribution in [3.63, 3.8) is 0 Å². The van der Waals surface area contributed by atoms with Gasteiger partial charge in [0.05, 0.1) is 0 Å². The summed E-state index contributed by atoms with van der Waals surface area (Å²) in [4.78, 5) is 2.48. The third kappa shape index (κ3) is 6.20. The van der Waals surface area contributed by atoms with E-state index in [1.807, 2.05) is 12.1 Å². The van der Waals surface area contributed by atoms with Gasteiger partial charge in [0.25, 0.3) is 0 Å². The molecule has 0 bridgehead atoms. The topological polar surface area (TPSA) is 39.3 Å². The van der Waals surface area contributed by atoms with Crippen molar-refractivity contribution in [1.82, 2.24) is 20.9 Å². The minimum absolute atomic E-state index is 0.804. The standard InChI is InChI=1S/C15H25ClN4/c16-15-3-1-14(2-4-15)13-20-11-9-18-7-5-17-6-8-19-10-12-20/h1-4,17-19H,5-13H2. The van der Waals surface area contributed by atoms with Crippen LogP contribution in [0.1, 0.15) is 5.56 Å². The molecule has 3 N–H and O–H groups in total. The van der Waals surface area contributed by atoms with Crippen LogP contribution in [0.25, 0.3) is 0 Å². The van der Waals surface area contributed by atoms with E-state index in [0.29, 0.717) is 0 Å². The van der Waals surface area contributed by atoms with Crippen molar-refractivity contribution in [2.45, 2.75) is 6.54 Å². The SMILES string of the molecule is Clc1ccc(CN2CCNCCNCCNCC2)cc1. The van der Waals surface area contributed by atoms with E-state index in [9.17, 15) is 0 Å². The predicted molar refractivity (Wildman–Crippen MR) is 85.3 cm³/mol. The monoisotopic (exact) mass is 296 g/mol. The van der Waals surface area contributed by atoms with E-state index >= 15 is 0 Å². The molecule has 0 saturated carbocycles. The minimum Gasteiger partial charge on any atom is -0.314 e. The molecule has 20 heavy (non-hydrogen) atoms. The Morgan fingerprint density at radius 3 is 1.85 bits per heavy atom. The molecule has 0 unspecified atom stereocenters. The summed E-state index contributed by atoms with van der Waals surface area (Å²) in [6, 6.07) is 8.16. The highest BCUT2D eigenvalue weighted by atomic mass is 35.5. The van der Waals surface area contributed by atoms with Gasteiger partial charge in [-0.25, -0.2) is 0 Å². The fourth-order valence-electron chi connectivity index (χ4n) is 2.32. The molecule has 1 saturated heterocycles. The zero-order chi connectivity index (χ0) is 14.0. The normalized spacial score (nSPS) is 20.1. The first kappa shape index (κ1) is 15.7. The van der Waals surface area contributed by atoms with Gasteiger partial charge in [-0.1, -0.05) is 23.7 Å². The molecule has 5 heteroatoms. The molecule has 0 spiro atoms. The third-order valence-corrected chi connectivity index (χ3v) is 3.74. The van der Waals surface area contributed by atoms with Gasteiger partial charge in [0.1, 0.15) is 0 Å². The molecule has 2 rings (SSSR count). The lowest BCUT2D eigenvalue weighted by atomic mass is 10.2. The van der Waals surface area contributed by atoms with Crippen molar-refractivity contribution in [2.24, 2.45) is 0 Å². The molecule has 1 aliphatic heterocycles. The highest BCUT2D eigenvalue weighted by Crippen LogP contribution is 2.11. The molecule has 1 aromatic rings. The van der Waals surface area contributed by atoms with Crippen molar-refractivity contribution in [1.29, 1.82) is 0 Å². The molecule has 1 aliphatic rings. The van der Waals surface area contributed by atoms with Gasteiger partial charge in [0.15, 0.2) is 0 Å². The number of benzene rings is 1. The molecule has 0 radical (unpaired) electrons. The van der Waals surface area contributed by atoms with E-state index in [2.05, 4.69) is 33.0 Å². The number of rotatable bonds is 2. The van der Waals surface area contributed by atoms with Crippen LogP contribution in [0.4, 0.5) is 0 Å². The van der Waals surface area contributed by atoms with Crippen molar-refractivity contribution < 1.29 is 0 Å². The molecule has 4 nitrogen and oxygen atoms in total. The van der Waals surface area contributed by atoms with Crippen LogP contribution in [-0.2, 0) is 6.54 Å². The van der Waals surface area contributed by atoms with Gasteiger partial charge in [-0.3, -0.25) is 4.90 Å². The van der Waals surface area contributed by atoms with E-state index in [-0.39, 0.29) is 0 Å². The van der Waals surface area contributed by atoms with E-state index in [1.165, 1.54) is 5.56 Å². The smallest absolute Gasteiger partial charge is 0.0406 e. The van der Waals surface area contributed by atoms with Crippen LogP contribution in [0.2, 0.25) is 5.02 Å². The number of nitrogens with one attached hydrogen (secondary N) is 3. The van der Waals surface area contributed by atoms with Gasteiger partial charge in [-0.2, -0.15) is 0 Å².